The second-order valence-electron chi connectivity index (χ2n) is 6.56. The van der Waals surface area contributed by atoms with Crippen LogP contribution in [0.4, 0.5) is 0 Å². The Bertz CT molecular complexity index is 512. The van der Waals surface area contributed by atoms with Crippen LogP contribution in [0, 0.1) is 5.41 Å². The molecule has 1 aromatic rings. The predicted octanol–water partition coefficient (Wildman–Crippen LogP) is 4.47. The summed E-state index contributed by atoms with van der Waals surface area (Å²) in [6, 6.07) is 3.80. The minimum Gasteiger partial charge on any atom is -0.490 e. The third-order valence-corrected chi connectivity index (χ3v) is 5.28. The lowest BCUT2D eigenvalue weighted by Gasteiger charge is -2.39. The zero-order chi connectivity index (χ0) is 14.9. The van der Waals surface area contributed by atoms with Crippen molar-refractivity contribution in [3.8, 4) is 11.5 Å². The second kappa shape index (κ2) is 6.05. The summed E-state index contributed by atoms with van der Waals surface area (Å²) in [4.78, 5) is 0. The molecule has 3 nitrogen and oxygen atoms in total. The first-order valence-corrected chi connectivity index (χ1v) is 8.33. The Morgan fingerprint density at radius 3 is 2.33 bits per heavy atom. The Labute approximate surface area is 131 Å². The summed E-state index contributed by atoms with van der Waals surface area (Å²) in [5.74, 6) is 1.52. The zero-order valence-corrected chi connectivity index (χ0v) is 13.4. The number of nitrogens with two attached hydrogens (primary N) is 1. The molecule has 2 N–H and O–H groups in total. The van der Waals surface area contributed by atoms with Crippen molar-refractivity contribution in [2.75, 3.05) is 13.2 Å². The molecule has 1 atom stereocenters. The zero-order valence-electron chi connectivity index (χ0n) is 12.7. The third kappa shape index (κ3) is 3.00. The molecule has 3 rings (SSSR count). The monoisotopic (exact) mass is 309 g/mol. The molecule has 1 aromatic carbocycles. The maximum atomic E-state index is 6.60. The average Bonchev–Trinajstić information content (AvgIpc) is 2.71. The highest BCUT2D eigenvalue weighted by molar-refractivity contribution is 6.31. The molecule has 4 heteroatoms. The fourth-order valence-electron chi connectivity index (χ4n) is 3.48. The van der Waals surface area contributed by atoms with Crippen LogP contribution in [0.25, 0.3) is 0 Å². The first-order chi connectivity index (χ1) is 10.1. The minimum atomic E-state index is -0.0533. The Morgan fingerprint density at radius 2 is 1.67 bits per heavy atom. The van der Waals surface area contributed by atoms with E-state index in [-0.39, 0.29) is 11.5 Å². The predicted molar refractivity (Wildman–Crippen MR) is 85.2 cm³/mol. The van der Waals surface area contributed by atoms with Crippen molar-refractivity contribution in [1.82, 2.24) is 0 Å². The summed E-state index contributed by atoms with van der Waals surface area (Å²) in [5, 5.41) is 0.693. The molecular formula is C17H24ClNO2. The standard InChI is InChI=1S/C17H24ClNO2/c1-17(6-3-2-4-7-17)16(19)12-10-14-15(11-13(12)18)21-9-5-8-20-14/h10-11,16H,2-9,19H2,1H3. The van der Waals surface area contributed by atoms with Gasteiger partial charge in [-0.05, 0) is 29.9 Å². The number of hydrogen-bond acceptors (Lipinski definition) is 3. The smallest absolute Gasteiger partial charge is 0.162 e. The van der Waals surface area contributed by atoms with Crippen LogP contribution in [-0.4, -0.2) is 13.2 Å². The van der Waals surface area contributed by atoms with Crippen LogP contribution in [0.2, 0.25) is 5.02 Å². The maximum absolute atomic E-state index is 6.60. The Balaban J connectivity index is 1.92. The molecule has 0 radical (unpaired) electrons. The third-order valence-electron chi connectivity index (χ3n) is 4.95. The van der Waals surface area contributed by atoms with Gasteiger partial charge in [0.15, 0.2) is 11.5 Å². The highest BCUT2D eigenvalue weighted by Crippen LogP contribution is 2.47. The van der Waals surface area contributed by atoms with Gasteiger partial charge in [0.2, 0.25) is 0 Å². The number of rotatable bonds is 2. The summed E-state index contributed by atoms with van der Waals surface area (Å²) in [6.07, 6.45) is 7.05. The van der Waals surface area contributed by atoms with Crippen molar-refractivity contribution in [1.29, 1.82) is 0 Å². The molecule has 1 saturated carbocycles. The topological polar surface area (TPSA) is 44.5 Å². The van der Waals surface area contributed by atoms with E-state index in [2.05, 4.69) is 6.92 Å². The number of ether oxygens (including phenoxy) is 2. The molecule has 1 aliphatic carbocycles. The lowest BCUT2D eigenvalue weighted by molar-refractivity contribution is 0.170. The van der Waals surface area contributed by atoms with Gasteiger partial charge in [-0.2, -0.15) is 0 Å². The van der Waals surface area contributed by atoms with Crippen molar-refractivity contribution >= 4 is 11.6 Å². The van der Waals surface area contributed by atoms with Crippen molar-refractivity contribution in [3.63, 3.8) is 0 Å². The fraction of sp³-hybridized carbons (Fsp3) is 0.647. The van der Waals surface area contributed by atoms with Crippen molar-refractivity contribution < 1.29 is 9.47 Å². The number of benzene rings is 1. The molecule has 0 spiro atoms. The van der Waals surface area contributed by atoms with Crippen LogP contribution in [0.15, 0.2) is 12.1 Å². The molecule has 1 heterocycles. The van der Waals surface area contributed by atoms with Gasteiger partial charge < -0.3 is 15.2 Å². The van der Waals surface area contributed by atoms with Crippen LogP contribution in [0.1, 0.15) is 57.1 Å². The molecule has 1 aliphatic heterocycles. The summed E-state index contributed by atoms with van der Waals surface area (Å²) < 4.78 is 11.5. The molecule has 0 amide bonds. The van der Waals surface area contributed by atoms with Crippen LogP contribution in [0.5, 0.6) is 11.5 Å². The first-order valence-electron chi connectivity index (χ1n) is 7.95. The van der Waals surface area contributed by atoms with Gasteiger partial charge in [0, 0.05) is 23.6 Å². The summed E-state index contributed by atoms with van der Waals surface area (Å²) in [7, 11) is 0. The van der Waals surface area contributed by atoms with Crippen LogP contribution in [-0.2, 0) is 0 Å². The highest BCUT2D eigenvalue weighted by Gasteiger charge is 2.35. The van der Waals surface area contributed by atoms with E-state index in [0.717, 1.165) is 23.5 Å². The van der Waals surface area contributed by atoms with Crippen molar-refractivity contribution in [3.05, 3.63) is 22.7 Å². The maximum Gasteiger partial charge on any atom is 0.162 e. The Kier molecular flexibility index (Phi) is 4.32. The van der Waals surface area contributed by atoms with Gasteiger partial charge in [-0.1, -0.05) is 37.8 Å². The Hall–Kier alpha value is -0.930. The van der Waals surface area contributed by atoms with Gasteiger partial charge in [0.05, 0.1) is 13.2 Å². The first kappa shape index (κ1) is 15.0. The molecule has 0 aromatic heterocycles. The Morgan fingerprint density at radius 1 is 1.05 bits per heavy atom. The van der Waals surface area contributed by atoms with E-state index in [9.17, 15) is 0 Å². The lowest BCUT2D eigenvalue weighted by Crippen LogP contribution is -2.34. The average molecular weight is 310 g/mol. The fourth-order valence-corrected chi connectivity index (χ4v) is 3.76. The number of hydrogen-bond donors (Lipinski definition) is 1. The molecule has 2 aliphatic rings. The number of fused-ring (bicyclic) bond motifs is 1. The summed E-state index contributed by atoms with van der Waals surface area (Å²) in [5.41, 5.74) is 7.71. The van der Waals surface area contributed by atoms with E-state index in [0.29, 0.717) is 18.2 Å². The summed E-state index contributed by atoms with van der Waals surface area (Å²) in [6.45, 7) is 3.64. The van der Waals surface area contributed by atoms with E-state index < -0.39 is 0 Å². The van der Waals surface area contributed by atoms with E-state index >= 15 is 0 Å². The largest absolute Gasteiger partial charge is 0.490 e. The van der Waals surface area contributed by atoms with Crippen molar-refractivity contribution in [2.45, 2.75) is 51.5 Å². The van der Waals surface area contributed by atoms with Gasteiger partial charge in [-0.15, -0.1) is 0 Å². The quantitative estimate of drug-likeness (QED) is 0.876. The molecule has 0 bridgehead atoms. The van der Waals surface area contributed by atoms with Gasteiger partial charge in [-0.3, -0.25) is 0 Å². The van der Waals surface area contributed by atoms with E-state index in [1.165, 1.54) is 32.1 Å². The second-order valence-corrected chi connectivity index (χ2v) is 6.97. The normalized spacial score (nSPS) is 22.4. The van der Waals surface area contributed by atoms with Crippen LogP contribution >= 0.6 is 11.6 Å². The molecule has 0 saturated heterocycles. The van der Waals surface area contributed by atoms with Gasteiger partial charge >= 0.3 is 0 Å². The minimum absolute atomic E-state index is 0.0533. The molecule has 1 unspecified atom stereocenters. The lowest BCUT2D eigenvalue weighted by atomic mass is 9.69. The van der Waals surface area contributed by atoms with E-state index in [1.807, 2.05) is 12.1 Å². The van der Waals surface area contributed by atoms with Gasteiger partial charge in [0.25, 0.3) is 0 Å². The van der Waals surface area contributed by atoms with Crippen molar-refractivity contribution in [2.24, 2.45) is 11.1 Å². The van der Waals surface area contributed by atoms with Crippen LogP contribution < -0.4 is 15.2 Å². The van der Waals surface area contributed by atoms with E-state index in [4.69, 9.17) is 26.8 Å². The number of halogens is 1. The molecule has 116 valence electrons. The van der Waals surface area contributed by atoms with Gasteiger partial charge in [-0.25, -0.2) is 0 Å². The van der Waals surface area contributed by atoms with Crippen LogP contribution in [0.3, 0.4) is 0 Å². The summed E-state index contributed by atoms with van der Waals surface area (Å²) >= 11 is 6.47. The van der Waals surface area contributed by atoms with E-state index in [1.54, 1.807) is 0 Å². The van der Waals surface area contributed by atoms with Gasteiger partial charge in [0.1, 0.15) is 0 Å². The molecular weight excluding hydrogens is 286 g/mol. The molecule has 1 fully saturated rings. The molecule has 21 heavy (non-hydrogen) atoms. The highest BCUT2D eigenvalue weighted by atomic mass is 35.5. The SMILES string of the molecule is CC1(C(N)c2cc3c(cc2Cl)OCCCO3)CCCCC1.